The minimum Gasteiger partial charge on any atom is -0.481 e. The molecule has 0 aliphatic carbocycles. The maximum atomic E-state index is 11.4. The molecule has 0 aliphatic rings. The van der Waals surface area contributed by atoms with Crippen molar-refractivity contribution >= 4 is 17.7 Å². The first-order valence-corrected chi connectivity index (χ1v) is 5.37. The third-order valence-corrected chi connectivity index (χ3v) is 2.57. The molecule has 2 N–H and O–H groups in total. The fourth-order valence-electron chi connectivity index (χ4n) is 1.37. The molecule has 2 atom stereocenters. The van der Waals surface area contributed by atoms with Crippen molar-refractivity contribution in [2.45, 2.75) is 39.5 Å². The van der Waals surface area contributed by atoms with Crippen LogP contribution >= 0.6 is 0 Å². The van der Waals surface area contributed by atoms with Gasteiger partial charge in [-0.15, -0.1) is 0 Å². The summed E-state index contributed by atoms with van der Waals surface area (Å²) >= 11 is 0. The normalized spacial score (nSPS) is 14.1. The number of ketones is 1. The van der Waals surface area contributed by atoms with Gasteiger partial charge in [-0.2, -0.15) is 0 Å². The van der Waals surface area contributed by atoms with Crippen molar-refractivity contribution in [3.63, 3.8) is 0 Å². The van der Waals surface area contributed by atoms with Crippen LogP contribution in [-0.4, -0.2) is 27.9 Å². The van der Waals surface area contributed by atoms with Crippen LogP contribution in [-0.2, 0) is 14.4 Å². The molecule has 0 aromatic heterocycles. The van der Waals surface area contributed by atoms with Crippen molar-refractivity contribution in [2.24, 2.45) is 11.8 Å². The number of Topliss-reactive ketones (excluding diaryl/α,β-unsaturated/α-hetero) is 1. The fourth-order valence-corrected chi connectivity index (χ4v) is 1.37. The Bertz CT molecular complexity index is 272. The van der Waals surface area contributed by atoms with E-state index in [9.17, 15) is 14.4 Å². The van der Waals surface area contributed by atoms with E-state index >= 15 is 0 Å². The van der Waals surface area contributed by atoms with Gasteiger partial charge in [0.2, 0.25) is 0 Å². The summed E-state index contributed by atoms with van der Waals surface area (Å²) in [6, 6.07) is 0. The van der Waals surface area contributed by atoms with Gasteiger partial charge >= 0.3 is 11.9 Å². The molecule has 92 valence electrons. The first-order valence-electron chi connectivity index (χ1n) is 5.37. The third-order valence-electron chi connectivity index (χ3n) is 2.57. The van der Waals surface area contributed by atoms with Gasteiger partial charge in [0.15, 0.2) is 0 Å². The molecule has 0 spiro atoms. The maximum absolute atomic E-state index is 11.4. The van der Waals surface area contributed by atoms with E-state index < -0.39 is 23.8 Å². The highest BCUT2D eigenvalue weighted by Gasteiger charge is 2.31. The molecule has 0 aromatic carbocycles. The molecule has 0 bridgehead atoms. The number of aliphatic carboxylic acids is 2. The second kappa shape index (κ2) is 6.98. The molecule has 5 nitrogen and oxygen atoms in total. The van der Waals surface area contributed by atoms with Crippen molar-refractivity contribution in [1.29, 1.82) is 0 Å². The number of rotatable bonds is 8. The van der Waals surface area contributed by atoms with Gasteiger partial charge in [0.25, 0.3) is 0 Å². The van der Waals surface area contributed by atoms with Crippen LogP contribution in [0.5, 0.6) is 0 Å². The van der Waals surface area contributed by atoms with E-state index in [-0.39, 0.29) is 12.2 Å². The van der Waals surface area contributed by atoms with Crippen LogP contribution in [0.4, 0.5) is 0 Å². The molecule has 0 saturated heterocycles. The highest BCUT2D eigenvalue weighted by Crippen LogP contribution is 2.18. The van der Waals surface area contributed by atoms with Crippen molar-refractivity contribution in [3.05, 3.63) is 0 Å². The Balaban J connectivity index is 4.40. The molecule has 2 unspecified atom stereocenters. The largest absolute Gasteiger partial charge is 0.481 e. The van der Waals surface area contributed by atoms with E-state index in [2.05, 4.69) is 0 Å². The maximum Gasteiger partial charge on any atom is 0.307 e. The Morgan fingerprint density at radius 3 is 2.06 bits per heavy atom. The summed E-state index contributed by atoms with van der Waals surface area (Å²) in [5.41, 5.74) is 0. The van der Waals surface area contributed by atoms with E-state index in [4.69, 9.17) is 10.2 Å². The molecular formula is C11H18O5. The molecule has 0 aliphatic heterocycles. The van der Waals surface area contributed by atoms with Gasteiger partial charge in [0.05, 0.1) is 11.8 Å². The Hall–Kier alpha value is -1.39. The van der Waals surface area contributed by atoms with Crippen molar-refractivity contribution < 1.29 is 24.6 Å². The van der Waals surface area contributed by atoms with Crippen LogP contribution in [0.25, 0.3) is 0 Å². The van der Waals surface area contributed by atoms with Crippen LogP contribution in [0, 0.1) is 11.8 Å². The lowest BCUT2D eigenvalue weighted by Crippen LogP contribution is -2.29. The number of carbonyl (C=O) groups is 3. The highest BCUT2D eigenvalue weighted by atomic mass is 16.4. The zero-order chi connectivity index (χ0) is 12.7. The summed E-state index contributed by atoms with van der Waals surface area (Å²) in [4.78, 5) is 32.9. The molecule has 5 heteroatoms. The topological polar surface area (TPSA) is 91.7 Å². The smallest absolute Gasteiger partial charge is 0.307 e. The van der Waals surface area contributed by atoms with Crippen LogP contribution in [0.2, 0.25) is 0 Å². The predicted molar refractivity (Wildman–Crippen MR) is 57.1 cm³/mol. The van der Waals surface area contributed by atoms with E-state index in [0.29, 0.717) is 12.8 Å². The molecule has 0 amide bonds. The Kier molecular flexibility index (Phi) is 6.37. The highest BCUT2D eigenvalue weighted by molar-refractivity contribution is 5.87. The monoisotopic (exact) mass is 230 g/mol. The standard InChI is InChI=1S/C11H18O5/c1-3-4-5-8(12)6-9(11(15)16)7(2)10(13)14/h7,9H,3-6H2,1-2H3,(H,13,14)(H,15,16). The quantitative estimate of drug-likeness (QED) is 0.660. The van der Waals surface area contributed by atoms with Crippen LogP contribution in [0.3, 0.4) is 0 Å². The van der Waals surface area contributed by atoms with Gasteiger partial charge in [-0.25, -0.2) is 0 Å². The first kappa shape index (κ1) is 14.6. The average Bonchev–Trinajstić information content (AvgIpc) is 2.21. The molecule has 16 heavy (non-hydrogen) atoms. The van der Waals surface area contributed by atoms with Gasteiger partial charge in [-0.05, 0) is 6.42 Å². The molecule has 0 saturated carbocycles. The SMILES string of the molecule is CCCCC(=O)CC(C(=O)O)C(C)C(=O)O. The Morgan fingerprint density at radius 2 is 1.69 bits per heavy atom. The molecule has 0 aromatic rings. The van der Waals surface area contributed by atoms with Crippen molar-refractivity contribution in [1.82, 2.24) is 0 Å². The van der Waals surface area contributed by atoms with Gasteiger partial charge < -0.3 is 10.2 Å². The molecule has 0 heterocycles. The molecule has 0 rings (SSSR count). The summed E-state index contributed by atoms with van der Waals surface area (Å²) in [5.74, 6) is -4.75. The summed E-state index contributed by atoms with van der Waals surface area (Å²) in [6.45, 7) is 3.25. The predicted octanol–water partition coefficient (Wildman–Crippen LogP) is 1.56. The fraction of sp³-hybridized carbons (Fsp3) is 0.727. The van der Waals surface area contributed by atoms with Crippen molar-refractivity contribution in [3.8, 4) is 0 Å². The Labute approximate surface area is 94.5 Å². The van der Waals surface area contributed by atoms with Gasteiger partial charge in [-0.1, -0.05) is 20.3 Å². The van der Waals surface area contributed by atoms with E-state index in [0.717, 1.165) is 6.42 Å². The first-order chi connectivity index (χ1) is 7.40. The average molecular weight is 230 g/mol. The lowest BCUT2D eigenvalue weighted by atomic mass is 9.88. The van der Waals surface area contributed by atoms with E-state index in [1.54, 1.807) is 0 Å². The lowest BCUT2D eigenvalue weighted by Gasteiger charge is -2.15. The number of carboxylic acid groups (broad SMARTS) is 2. The number of unbranched alkanes of at least 4 members (excludes halogenated alkanes) is 1. The van der Waals surface area contributed by atoms with E-state index in [1.165, 1.54) is 6.92 Å². The van der Waals surface area contributed by atoms with E-state index in [1.807, 2.05) is 6.92 Å². The number of hydrogen-bond acceptors (Lipinski definition) is 3. The minimum absolute atomic E-state index is 0.178. The van der Waals surface area contributed by atoms with Gasteiger partial charge in [-0.3, -0.25) is 14.4 Å². The summed E-state index contributed by atoms with van der Waals surface area (Å²) in [7, 11) is 0. The zero-order valence-corrected chi connectivity index (χ0v) is 9.60. The van der Waals surface area contributed by atoms with Gasteiger partial charge in [0.1, 0.15) is 5.78 Å². The van der Waals surface area contributed by atoms with Gasteiger partial charge in [0, 0.05) is 12.8 Å². The van der Waals surface area contributed by atoms with Crippen LogP contribution in [0.15, 0.2) is 0 Å². The number of carboxylic acids is 2. The molecule has 0 fully saturated rings. The summed E-state index contributed by atoms with van der Waals surface area (Å²) < 4.78 is 0. The summed E-state index contributed by atoms with van der Waals surface area (Å²) in [6.07, 6.45) is 1.71. The molecular weight excluding hydrogens is 212 g/mol. The zero-order valence-electron chi connectivity index (χ0n) is 9.60. The number of hydrogen-bond donors (Lipinski definition) is 2. The summed E-state index contributed by atoms with van der Waals surface area (Å²) in [5, 5.41) is 17.6. The number of carbonyl (C=O) groups excluding carboxylic acids is 1. The van der Waals surface area contributed by atoms with Crippen LogP contribution < -0.4 is 0 Å². The second-order valence-electron chi connectivity index (χ2n) is 3.92. The lowest BCUT2D eigenvalue weighted by molar-refractivity contribution is -0.154. The van der Waals surface area contributed by atoms with Crippen molar-refractivity contribution in [2.75, 3.05) is 0 Å². The Morgan fingerprint density at radius 1 is 1.12 bits per heavy atom. The van der Waals surface area contributed by atoms with Crippen LogP contribution in [0.1, 0.15) is 39.5 Å². The second-order valence-corrected chi connectivity index (χ2v) is 3.92. The minimum atomic E-state index is -1.22. The molecule has 0 radical (unpaired) electrons. The third kappa shape index (κ3) is 4.91.